The molecule has 2 saturated carbocycles. The van der Waals surface area contributed by atoms with Crippen molar-refractivity contribution in [3.8, 4) is 0 Å². The number of hydrogen-bond acceptors (Lipinski definition) is 11. The highest BCUT2D eigenvalue weighted by molar-refractivity contribution is 5.93. The molecule has 3 aliphatic carbocycles. The van der Waals surface area contributed by atoms with Crippen molar-refractivity contribution in [2.45, 2.75) is 193 Å². The minimum absolute atomic E-state index is 0.00748. The van der Waals surface area contributed by atoms with E-state index in [9.17, 15) is 39.6 Å². The lowest BCUT2D eigenvalue weighted by Crippen LogP contribution is -2.78. The van der Waals surface area contributed by atoms with E-state index in [0.717, 1.165) is 57.8 Å². The number of aliphatic hydroxyl groups excluding tert-OH is 2. The van der Waals surface area contributed by atoms with E-state index in [4.69, 9.17) is 14.2 Å². The van der Waals surface area contributed by atoms with Gasteiger partial charge in [-0.1, -0.05) is 90.5 Å². The van der Waals surface area contributed by atoms with Crippen molar-refractivity contribution in [2.24, 2.45) is 22.7 Å². The Bertz CT molecular complexity index is 1570. The molecule has 1 saturated heterocycles. The number of unbranched alkanes of at least 4 members (excludes halogenated alkanes) is 9. The van der Waals surface area contributed by atoms with Crippen LogP contribution in [0.4, 0.5) is 4.79 Å². The first kappa shape index (κ1) is 48.6. The van der Waals surface area contributed by atoms with E-state index in [0.29, 0.717) is 12.1 Å². The van der Waals surface area contributed by atoms with Crippen LogP contribution in [-0.4, -0.2) is 105 Å². The molecule has 0 radical (unpaired) electrons. The largest absolute Gasteiger partial charge is 0.455 e. The van der Waals surface area contributed by atoms with Gasteiger partial charge in [-0.25, -0.2) is 9.59 Å². The number of amides is 2. The molecule has 6 N–H and O–H groups in total. The summed E-state index contributed by atoms with van der Waals surface area (Å²) in [6.45, 7) is 13.5. The molecular formula is C46H74N2O11. The topological polar surface area (TPSA) is 201 Å². The van der Waals surface area contributed by atoms with E-state index >= 15 is 0 Å². The van der Waals surface area contributed by atoms with Gasteiger partial charge in [0.25, 0.3) is 0 Å². The highest BCUT2D eigenvalue weighted by Crippen LogP contribution is 2.64. The number of aliphatic hydroxyl groups is 4. The molecule has 3 fully saturated rings. The van der Waals surface area contributed by atoms with Crippen LogP contribution in [0, 0.1) is 22.7 Å². The Morgan fingerprint density at radius 1 is 0.949 bits per heavy atom. The number of ketones is 1. The summed E-state index contributed by atoms with van der Waals surface area (Å²) >= 11 is 0. The third-order valence-electron chi connectivity index (χ3n) is 14.1. The number of rotatable bonds is 20. The normalized spacial score (nSPS) is 33.6. The number of nitrogens with one attached hydrogen (secondary N) is 2. The molecule has 334 valence electrons. The van der Waals surface area contributed by atoms with Crippen molar-refractivity contribution in [1.82, 2.24) is 10.6 Å². The van der Waals surface area contributed by atoms with Crippen LogP contribution in [0.1, 0.15) is 145 Å². The zero-order valence-corrected chi connectivity index (χ0v) is 36.9. The summed E-state index contributed by atoms with van der Waals surface area (Å²) in [6, 6.07) is -0.991. The highest BCUT2D eigenvalue weighted by atomic mass is 16.6. The molecule has 2 amide bonds. The summed E-state index contributed by atoms with van der Waals surface area (Å²) in [4.78, 5) is 53.4. The summed E-state index contributed by atoms with van der Waals surface area (Å²) in [5, 5.41) is 53.4. The van der Waals surface area contributed by atoms with Crippen LogP contribution in [0.3, 0.4) is 0 Å². The predicted molar refractivity (Wildman–Crippen MR) is 224 cm³/mol. The maximum absolute atomic E-state index is 14.4. The van der Waals surface area contributed by atoms with Gasteiger partial charge >= 0.3 is 12.1 Å². The average Bonchev–Trinajstić information content (AvgIpc) is 3.16. The molecule has 1 heterocycles. The lowest BCUT2D eigenvalue weighted by molar-refractivity contribution is -0.335. The lowest BCUT2D eigenvalue weighted by atomic mass is 9.43. The number of carbonyl (C=O) groups is 4. The van der Waals surface area contributed by atoms with Crippen LogP contribution >= 0.6 is 0 Å². The summed E-state index contributed by atoms with van der Waals surface area (Å²) in [5.41, 5.74) is -5.73. The summed E-state index contributed by atoms with van der Waals surface area (Å²) < 4.78 is 17.2. The fraction of sp³-hybridized carbons (Fsp3) is 0.783. The van der Waals surface area contributed by atoms with Gasteiger partial charge in [0, 0.05) is 37.6 Å². The summed E-state index contributed by atoms with van der Waals surface area (Å²) in [7, 11) is 0. The number of hydrogen-bond donors (Lipinski definition) is 6. The van der Waals surface area contributed by atoms with Crippen LogP contribution in [-0.2, 0) is 28.6 Å². The second-order valence-electron chi connectivity index (χ2n) is 18.5. The Morgan fingerprint density at radius 3 is 2.15 bits per heavy atom. The highest BCUT2D eigenvalue weighted by Gasteiger charge is 2.74. The molecule has 0 spiro atoms. The monoisotopic (exact) mass is 831 g/mol. The van der Waals surface area contributed by atoms with E-state index in [2.05, 4.69) is 41.9 Å². The molecule has 1 aliphatic heterocycles. The molecule has 4 aliphatic rings. The number of carbonyl (C=O) groups excluding carboxylic acids is 4. The molecule has 11 atom stereocenters. The van der Waals surface area contributed by atoms with Crippen LogP contribution in [0.5, 0.6) is 0 Å². The summed E-state index contributed by atoms with van der Waals surface area (Å²) in [6.07, 6.45) is 14.4. The quantitative estimate of drug-likeness (QED) is 0.0485. The Kier molecular flexibility index (Phi) is 17.0. The number of fused-ring (bicyclic) bond motifs is 5. The van der Waals surface area contributed by atoms with E-state index in [-0.39, 0.29) is 25.0 Å². The van der Waals surface area contributed by atoms with Gasteiger partial charge in [-0.3, -0.25) is 9.59 Å². The van der Waals surface area contributed by atoms with Crippen molar-refractivity contribution in [2.75, 3.05) is 13.2 Å². The molecule has 4 rings (SSSR count). The van der Waals surface area contributed by atoms with Crippen molar-refractivity contribution >= 4 is 23.8 Å². The molecule has 0 aromatic rings. The number of ether oxygens (including phenoxy) is 3. The van der Waals surface area contributed by atoms with Gasteiger partial charge in [0.15, 0.2) is 5.78 Å². The van der Waals surface area contributed by atoms with Gasteiger partial charge in [0.2, 0.25) is 12.0 Å². The number of allylic oxidation sites excluding steroid dienone is 4. The fourth-order valence-electron chi connectivity index (χ4n) is 10.5. The Morgan fingerprint density at radius 2 is 1.56 bits per heavy atom. The standard InChI is InChI=1S/C46H74N2O11/c1-9-10-11-12-13-14-15-16-17-18-19-20-21-22-23-24-25-47-42(54)59-38(31(4)48-32(5)49)41(53)58-33-27-46(56)30(3)39-44(8,34(50)26-35-45(39,55)28-57-35)40(52)37(51)36(29(33)2)43(46,6)7/h13-14,16-17,30-31,33-35,37-39,50-51,55-56H,9-12,15,18-28H2,1-8H3,(H,47,54)(H,48,49)/b14-13-,17-16-/t30-,31-,33-,34-,35+,37+,38+,39-,44+,45-,46+/m0/s1. The van der Waals surface area contributed by atoms with Gasteiger partial charge in [-0.2, -0.15) is 0 Å². The van der Waals surface area contributed by atoms with Gasteiger partial charge in [0.05, 0.1) is 35.9 Å². The first-order chi connectivity index (χ1) is 27.8. The molecule has 0 unspecified atom stereocenters. The number of esters is 1. The first-order valence-electron chi connectivity index (χ1n) is 22.2. The second kappa shape index (κ2) is 20.6. The first-order valence-corrected chi connectivity index (χ1v) is 22.2. The number of Topliss-reactive ketones (excluding diaryl/α,β-unsaturated/α-hetero) is 1. The fourth-order valence-corrected chi connectivity index (χ4v) is 10.5. The van der Waals surface area contributed by atoms with Gasteiger partial charge in [-0.05, 0) is 76.4 Å². The third-order valence-corrected chi connectivity index (χ3v) is 14.1. The van der Waals surface area contributed by atoms with Crippen LogP contribution < -0.4 is 10.6 Å². The Hall–Kier alpha value is -3.10. The molecule has 13 nitrogen and oxygen atoms in total. The Balaban J connectivity index is 1.36. The van der Waals surface area contributed by atoms with Crippen molar-refractivity contribution < 1.29 is 53.8 Å². The van der Waals surface area contributed by atoms with Crippen LogP contribution in [0.25, 0.3) is 0 Å². The molecule has 2 bridgehead atoms. The van der Waals surface area contributed by atoms with Crippen molar-refractivity contribution in [3.63, 3.8) is 0 Å². The summed E-state index contributed by atoms with van der Waals surface area (Å²) in [5.74, 6) is -4.04. The van der Waals surface area contributed by atoms with Crippen molar-refractivity contribution in [1.29, 1.82) is 0 Å². The van der Waals surface area contributed by atoms with E-state index in [1.54, 1.807) is 27.7 Å². The zero-order chi connectivity index (χ0) is 43.8. The minimum atomic E-state index is -1.80. The zero-order valence-electron chi connectivity index (χ0n) is 36.9. The van der Waals surface area contributed by atoms with Gasteiger partial charge < -0.3 is 45.3 Å². The smallest absolute Gasteiger partial charge is 0.408 e. The molecule has 0 aromatic carbocycles. The molecule has 13 heteroatoms. The van der Waals surface area contributed by atoms with Gasteiger partial charge in [-0.15, -0.1) is 0 Å². The second-order valence-corrected chi connectivity index (χ2v) is 18.5. The van der Waals surface area contributed by atoms with E-state index in [1.807, 2.05) is 0 Å². The maximum atomic E-state index is 14.4. The van der Waals surface area contributed by atoms with Crippen LogP contribution in [0.15, 0.2) is 35.5 Å². The van der Waals surface area contributed by atoms with Gasteiger partial charge in [0.1, 0.15) is 17.8 Å². The average molecular weight is 831 g/mol. The van der Waals surface area contributed by atoms with Crippen LogP contribution in [0.2, 0.25) is 0 Å². The van der Waals surface area contributed by atoms with Crippen molar-refractivity contribution in [3.05, 3.63) is 35.5 Å². The molecule has 0 aromatic heterocycles. The SMILES string of the molecule is CCCCC/C=C\C/C=C\CCCCCCCCNC(=O)O[C@@H](C(=O)O[C@H]1C[C@@]2(O)[C@@H](C)[C@@H]3[C@]4(O)CO[C@@H]4C[C@H](O)[C@@]3(C)C(=O)[C@H](O)C(=C1C)C2(C)C)[C@H](C)NC(C)=O. The van der Waals surface area contributed by atoms with E-state index < -0.39 is 94.2 Å². The molecular weight excluding hydrogens is 757 g/mol. The predicted octanol–water partition coefficient (Wildman–Crippen LogP) is 5.91. The third kappa shape index (κ3) is 10.3. The molecule has 59 heavy (non-hydrogen) atoms. The number of alkyl carbamates (subject to hydrolysis) is 1. The maximum Gasteiger partial charge on any atom is 0.408 e. The Labute approximate surface area is 351 Å². The lowest BCUT2D eigenvalue weighted by Gasteiger charge is -2.67. The minimum Gasteiger partial charge on any atom is -0.455 e. The van der Waals surface area contributed by atoms with E-state index in [1.165, 1.54) is 40.0 Å².